The van der Waals surface area contributed by atoms with Crippen LogP contribution in [-0.2, 0) is 20.7 Å². The zero-order valence-corrected chi connectivity index (χ0v) is 12.5. The first kappa shape index (κ1) is 14.7. The lowest BCUT2D eigenvalue weighted by atomic mass is 10.1. The summed E-state index contributed by atoms with van der Waals surface area (Å²) in [4.78, 5) is 19.3. The number of aromatic nitrogens is 2. The lowest BCUT2D eigenvalue weighted by molar-refractivity contribution is -0.142. The number of aryl methyl sites for hydroxylation is 1. The Morgan fingerprint density at radius 1 is 1.36 bits per heavy atom. The molecule has 3 rings (SSSR count). The summed E-state index contributed by atoms with van der Waals surface area (Å²) in [6.45, 7) is 3.36. The van der Waals surface area contributed by atoms with E-state index in [2.05, 4.69) is 34.3 Å². The maximum Gasteiger partial charge on any atom is 0.258 e. The summed E-state index contributed by atoms with van der Waals surface area (Å²) in [6, 6.07) is 8.25. The third kappa shape index (κ3) is 3.35. The average Bonchev–Trinajstić information content (AvgIpc) is 3.04. The second-order valence-electron chi connectivity index (χ2n) is 5.12. The fourth-order valence-electron chi connectivity index (χ4n) is 2.29. The summed E-state index contributed by atoms with van der Waals surface area (Å²) in [6.07, 6.45) is 2.13. The Morgan fingerprint density at radius 3 is 2.86 bits per heavy atom. The van der Waals surface area contributed by atoms with Crippen molar-refractivity contribution in [2.24, 2.45) is 0 Å². The number of benzene rings is 1. The molecule has 0 aliphatic carbocycles. The van der Waals surface area contributed by atoms with Gasteiger partial charge >= 0.3 is 0 Å². The summed E-state index contributed by atoms with van der Waals surface area (Å²) in [5.41, 5.74) is 3.17. The maximum atomic E-state index is 12.0. The molecule has 2 aromatic rings. The van der Waals surface area contributed by atoms with Gasteiger partial charge in [0.15, 0.2) is 6.10 Å². The van der Waals surface area contributed by atoms with E-state index in [4.69, 9.17) is 9.47 Å². The minimum Gasteiger partial charge on any atom is -0.376 e. The minimum atomic E-state index is -0.578. The van der Waals surface area contributed by atoms with Crippen molar-refractivity contribution in [3.8, 4) is 11.3 Å². The van der Waals surface area contributed by atoms with Crippen LogP contribution in [-0.4, -0.2) is 41.8 Å². The highest BCUT2D eigenvalue weighted by Crippen LogP contribution is 2.19. The van der Waals surface area contributed by atoms with Crippen molar-refractivity contribution in [1.82, 2.24) is 9.97 Å². The molecule has 0 spiro atoms. The van der Waals surface area contributed by atoms with Gasteiger partial charge in [-0.25, -0.2) is 4.98 Å². The lowest BCUT2D eigenvalue weighted by Gasteiger charge is -2.21. The van der Waals surface area contributed by atoms with Gasteiger partial charge in [0.25, 0.3) is 5.91 Å². The molecular weight excluding hydrogens is 282 g/mol. The van der Waals surface area contributed by atoms with Crippen molar-refractivity contribution < 1.29 is 14.3 Å². The quantitative estimate of drug-likeness (QED) is 0.905. The highest BCUT2D eigenvalue weighted by atomic mass is 16.6. The molecule has 0 radical (unpaired) electrons. The van der Waals surface area contributed by atoms with Crippen LogP contribution in [0, 0.1) is 0 Å². The number of carbonyl (C=O) groups excluding carboxylic acids is 1. The molecule has 2 N–H and O–H groups in total. The molecule has 1 aliphatic heterocycles. The second-order valence-corrected chi connectivity index (χ2v) is 5.12. The number of amides is 1. The third-order valence-electron chi connectivity index (χ3n) is 3.60. The summed E-state index contributed by atoms with van der Waals surface area (Å²) in [7, 11) is 0. The molecule has 6 nitrogen and oxygen atoms in total. The Kier molecular flexibility index (Phi) is 4.50. The highest BCUT2D eigenvalue weighted by molar-refractivity contribution is 5.93. The van der Waals surface area contributed by atoms with E-state index >= 15 is 0 Å². The van der Waals surface area contributed by atoms with Gasteiger partial charge in [-0.1, -0.05) is 31.2 Å². The van der Waals surface area contributed by atoms with Crippen molar-refractivity contribution >= 4 is 11.9 Å². The predicted octanol–water partition coefficient (Wildman–Crippen LogP) is 1.99. The fourth-order valence-corrected chi connectivity index (χ4v) is 2.29. The van der Waals surface area contributed by atoms with Crippen molar-refractivity contribution in [3.63, 3.8) is 0 Å². The molecule has 1 atom stereocenters. The van der Waals surface area contributed by atoms with Gasteiger partial charge < -0.3 is 14.5 Å². The lowest BCUT2D eigenvalue weighted by Crippen LogP contribution is -2.39. The average molecular weight is 301 g/mol. The molecular formula is C16H19N3O3. The number of H-pyrrole nitrogens is 1. The number of aromatic amines is 1. The van der Waals surface area contributed by atoms with Crippen molar-refractivity contribution in [2.45, 2.75) is 19.4 Å². The van der Waals surface area contributed by atoms with E-state index in [0.29, 0.717) is 19.2 Å². The maximum absolute atomic E-state index is 12.0. The van der Waals surface area contributed by atoms with E-state index in [1.165, 1.54) is 5.56 Å². The Labute approximate surface area is 128 Å². The zero-order chi connectivity index (χ0) is 15.4. The molecule has 0 unspecified atom stereocenters. The van der Waals surface area contributed by atoms with Crippen LogP contribution in [0.15, 0.2) is 30.5 Å². The standard InChI is InChI=1S/C16H19N3O3/c1-2-11-3-5-12(6-4-11)13-9-17-16(18-13)19-15(20)14-10-21-7-8-22-14/h3-6,9,14H,2,7-8,10H2,1H3,(H2,17,18,19,20)/t14-/m0/s1. The molecule has 22 heavy (non-hydrogen) atoms. The number of imidazole rings is 1. The molecule has 1 fully saturated rings. The molecule has 1 aromatic carbocycles. The number of nitrogens with zero attached hydrogens (tertiary/aromatic N) is 1. The third-order valence-corrected chi connectivity index (χ3v) is 3.60. The number of nitrogens with one attached hydrogen (secondary N) is 2. The summed E-state index contributed by atoms with van der Waals surface area (Å²) < 4.78 is 10.6. The van der Waals surface area contributed by atoms with Gasteiger partial charge in [-0.05, 0) is 17.5 Å². The second kappa shape index (κ2) is 6.72. The number of ether oxygens (including phenoxy) is 2. The van der Waals surface area contributed by atoms with Crippen LogP contribution in [0.3, 0.4) is 0 Å². The van der Waals surface area contributed by atoms with Crippen LogP contribution in [0.1, 0.15) is 12.5 Å². The van der Waals surface area contributed by atoms with Gasteiger partial charge in [-0.15, -0.1) is 0 Å². The first-order chi connectivity index (χ1) is 10.8. The number of hydrogen-bond donors (Lipinski definition) is 2. The van der Waals surface area contributed by atoms with E-state index in [1.807, 2.05) is 12.1 Å². The van der Waals surface area contributed by atoms with Gasteiger partial charge in [-0.2, -0.15) is 0 Å². The van der Waals surface area contributed by atoms with Gasteiger partial charge in [0.05, 0.1) is 31.7 Å². The highest BCUT2D eigenvalue weighted by Gasteiger charge is 2.23. The summed E-state index contributed by atoms with van der Waals surface area (Å²) in [5, 5.41) is 2.71. The normalized spacial score (nSPS) is 18.1. The molecule has 1 aliphatic rings. The number of rotatable bonds is 4. The van der Waals surface area contributed by atoms with Crippen LogP contribution in [0.2, 0.25) is 0 Å². The van der Waals surface area contributed by atoms with Crippen LogP contribution in [0.5, 0.6) is 0 Å². The number of carbonyl (C=O) groups is 1. The molecule has 6 heteroatoms. The van der Waals surface area contributed by atoms with E-state index in [0.717, 1.165) is 17.7 Å². The van der Waals surface area contributed by atoms with E-state index in [9.17, 15) is 4.79 Å². The van der Waals surface area contributed by atoms with Gasteiger partial charge in [0.2, 0.25) is 5.95 Å². The molecule has 0 bridgehead atoms. The topological polar surface area (TPSA) is 76.2 Å². The molecule has 2 heterocycles. The minimum absolute atomic E-state index is 0.248. The Balaban J connectivity index is 1.66. The van der Waals surface area contributed by atoms with Crippen LogP contribution < -0.4 is 5.32 Å². The predicted molar refractivity (Wildman–Crippen MR) is 82.6 cm³/mol. The monoisotopic (exact) mass is 301 g/mol. The van der Waals surface area contributed by atoms with Crippen molar-refractivity contribution in [3.05, 3.63) is 36.0 Å². The Morgan fingerprint density at radius 2 is 2.18 bits per heavy atom. The first-order valence-corrected chi connectivity index (χ1v) is 7.41. The largest absolute Gasteiger partial charge is 0.376 e. The van der Waals surface area contributed by atoms with Crippen LogP contribution in [0.4, 0.5) is 5.95 Å². The molecule has 1 saturated heterocycles. The number of hydrogen-bond acceptors (Lipinski definition) is 4. The van der Waals surface area contributed by atoms with E-state index in [1.54, 1.807) is 6.20 Å². The smallest absolute Gasteiger partial charge is 0.258 e. The van der Waals surface area contributed by atoms with Crippen LogP contribution in [0.25, 0.3) is 11.3 Å². The first-order valence-electron chi connectivity index (χ1n) is 7.41. The van der Waals surface area contributed by atoms with Crippen LogP contribution >= 0.6 is 0 Å². The fraction of sp³-hybridized carbons (Fsp3) is 0.375. The van der Waals surface area contributed by atoms with Crippen molar-refractivity contribution in [2.75, 3.05) is 25.1 Å². The van der Waals surface area contributed by atoms with Gasteiger partial charge in [0, 0.05) is 0 Å². The summed E-state index contributed by atoms with van der Waals surface area (Å²) in [5.74, 6) is 0.163. The van der Waals surface area contributed by atoms with E-state index in [-0.39, 0.29) is 12.5 Å². The molecule has 116 valence electrons. The molecule has 0 saturated carbocycles. The number of anilines is 1. The van der Waals surface area contributed by atoms with Gasteiger partial charge in [-0.3, -0.25) is 10.1 Å². The Bertz CT molecular complexity index is 630. The van der Waals surface area contributed by atoms with Crippen molar-refractivity contribution in [1.29, 1.82) is 0 Å². The molecule has 1 aromatic heterocycles. The summed E-state index contributed by atoms with van der Waals surface area (Å²) >= 11 is 0. The zero-order valence-electron chi connectivity index (χ0n) is 12.5. The molecule has 1 amide bonds. The Hall–Kier alpha value is -2.18. The van der Waals surface area contributed by atoms with E-state index < -0.39 is 6.10 Å². The SMILES string of the molecule is CCc1ccc(-c2cnc(NC(=O)[C@@H]3COCCO3)[nH]2)cc1. The van der Waals surface area contributed by atoms with Gasteiger partial charge in [0.1, 0.15) is 0 Å².